The maximum atomic E-state index is 13.0. The van der Waals surface area contributed by atoms with Gasteiger partial charge in [-0.2, -0.15) is 12.7 Å². The van der Waals surface area contributed by atoms with Crippen LogP contribution in [-0.2, 0) is 20.0 Å². The van der Waals surface area contributed by atoms with E-state index in [1.54, 1.807) is 6.07 Å². The fourth-order valence-electron chi connectivity index (χ4n) is 2.08. The minimum Gasteiger partial charge on any atom is -0.497 e. The molecular weight excluding hydrogens is 368 g/mol. The van der Waals surface area contributed by atoms with E-state index in [0.29, 0.717) is 5.75 Å². The van der Waals surface area contributed by atoms with Crippen molar-refractivity contribution in [3.63, 3.8) is 0 Å². The normalized spacial score (nSPS) is 13.8. The second-order valence-electron chi connectivity index (χ2n) is 5.36. The first-order valence-electron chi connectivity index (χ1n) is 7.27. The van der Waals surface area contributed by atoms with Crippen LogP contribution in [0, 0.1) is 0 Å². The molecule has 138 valence electrons. The summed E-state index contributed by atoms with van der Waals surface area (Å²) in [5.74, 6) is 0.666. The minimum absolute atomic E-state index is 0.0405. The van der Waals surface area contributed by atoms with Gasteiger partial charge in [-0.25, -0.2) is 13.1 Å². The number of nitrogens with one attached hydrogen (secondary N) is 1. The van der Waals surface area contributed by atoms with E-state index in [1.807, 2.05) is 0 Å². The second-order valence-corrected chi connectivity index (χ2v) is 9.46. The Bertz CT molecular complexity index is 888. The van der Waals surface area contributed by atoms with Crippen molar-refractivity contribution < 1.29 is 26.0 Å². The summed E-state index contributed by atoms with van der Waals surface area (Å²) < 4.78 is 63.3. The molecule has 0 saturated carbocycles. The summed E-state index contributed by atoms with van der Waals surface area (Å²) in [7, 11) is -3.50. The maximum absolute atomic E-state index is 13.0. The predicted octanol–water partition coefficient (Wildman–Crippen LogP) is 1.20. The number of furan rings is 1. The number of hydrogen-bond donors (Lipinski definition) is 1. The molecule has 2 aromatic rings. The van der Waals surface area contributed by atoms with Crippen LogP contribution in [0.5, 0.6) is 5.75 Å². The summed E-state index contributed by atoms with van der Waals surface area (Å²) in [5.41, 5.74) is 0. The summed E-state index contributed by atoms with van der Waals surface area (Å²) in [6.45, 7) is -0.359. The van der Waals surface area contributed by atoms with Gasteiger partial charge in [0, 0.05) is 20.6 Å². The highest BCUT2D eigenvalue weighted by Crippen LogP contribution is 2.30. The minimum atomic E-state index is -3.89. The van der Waals surface area contributed by atoms with Crippen molar-refractivity contribution in [2.75, 3.05) is 27.7 Å². The molecule has 0 fully saturated rings. The fraction of sp³-hybridized carbons (Fsp3) is 0.333. The lowest BCUT2D eigenvalue weighted by molar-refractivity contribution is 0.414. The molecule has 0 aliphatic carbocycles. The van der Waals surface area contributed by atoms with Gasteiger partial charge in [-0.15, -0.1) is 0 Å². The Balaban J connectivity index is 2.37. The molecule has 0 aliphatic heterocycles. The quantitative estimate of drug-likeness (QED) is 0.728. The molecule has 10 heteroatoms. The van der Waals surface area contributed by atoms with Gasteiger partial charge in [0.05, 0.1) is 18.3 Å². The van der Waals surface area contributed by atoms with Crippen molar-refractivity contribution in [2.45, 2.75) is 10.1 Å². The van der Waals surface area contributed by atoms with Gasteiger partial charge in [-0.05, 0) is 36.4 Å². The monoisotopic (exact) mass is 388 g/mol. The first-order valence-corrected chi connectivity index (χ1v) is 10.3. The summed E-state index contributed by atoms with van der Waals surface area (Å²) >= 11 is 0. The van der Waals surface area contributed by atoms with Gasteiger partial charge in [-0.1, -0.05) is 0 Å². The molecule has 2 rings (SSSR count). The Hall–Kier alpha value is -1.88. The van der Waals surface area contributed by atoms with E-state index in [9.17, 15) is 16.8 Å². The van der Waals surface area contributed by atoms with E-state index >= 15 is 0 Å². The first-order chi connectivity index (χ1) is 11.7. The number of nitrogens with zero attached hydrogens (tertiary/aromatic N) is 1. The molecule has 25 heavy (non-hydrogen) atoms. The molecule has 1 unspecified atom stereocenters. The van der Waals surface area contributed by atoms with Gasteiger partial charge < -0.3 is 9.15 Å². The average Bonchev–Trinajstić information content (AvgIpc) is 3.08. The van der Waals surface area contributed by atoms with Gasteiger partial charge in [0.15, 0.2) is 9.84 Å². The smallest absolute Gasteiger partial charge is 0.278 e. The van der Waals surface area contributed by atoms with Crippen LogP contribution in [0.3, 0.4) is 0 Å². The number of rotatable bonds is 8. The van der Waals surface area contributed by atoms with Crippen LogP contribution in [0.2, 0.25) is 0 Å². The third kappa shape index (κ3) is 4.40. The van der Waals surface area contributed by atoms with Crippen LogP contribution in [0.25, 0.3) is 0 Å². The molecule has 0 amide bonds. The van der Waals surface area contributed by atoms with Crippen LogP contribution in [0.1, 0.15) is 11.0 Å². The lowest BCUT2D eigenvalue weighted by Crippen LogP contribution is -2.39. The van der Waals surface area contributed by atoms with Gasteiger partial charge in [0.25, 0.3) is 10.2 Å². The number of sulfone groups is 1. The Labute approximate surface area is 147 Å². The van der Waals surface area contributed by atoms with Crippen LogP contribution in [0.15, 0.2) is 52.0 Å². The summed E-state index contributed by atoms with van der Waals surface area (Å²) in [5, 5.41) is -1.20. The molecule has 8 nitrogen and oxygen atoms in total. The molecule has 0 saturated heterocycles. The summed E-state index contributed by atoms with van der Waals surface area (Å²) in [4.78, 5) is 0.0405. The predicted molar refractivity (Wildman–Crippen MR) is 92.2 cm³/mol. The van der Waals surface area contributed by atoms with Crippen molar-refractivity contribution in [1.82, 2.24) is 9.03 Å². The highest BCUT2D eigenvalue weighted by atomic mass is 32.2. The molecular formula is C15H20N2O6S2. The molecule has 1 heterocycles. The lowest BCUT2D eigenvalue weighted by atomic mass is 10.3. The van der Waals surface area contributed by atoms with Crippen LogP contribution < -0.4 is 9.46 Å². The third-order valence-electron chi connectivity index (χ3n) is 3.55. The molecule has 1 N–H and O–H groups in total. The number of hydrogen-bond acceptors (Lipinski definition) is 6. The lowest BCUT2D eigenvalue weighted by Gasteiger charge is -2.18. The third-order valence-corrected chi connectivity index (χ3v) is 7.13. The Morgan fingerprint density at radius 3 is 2.24 bits per heavy atom. The van der Waals surface area contributed by atoms with E-state index in [-0.39, 0.29) is 17.2 Å². The van der Waals surface area contributed by atoms with Crippen molar-refractivity contribution in [2.24, 2.45) is 0 Å². The van der Waals surface area contributed by atoms with E-state index in [4.69, 9.17) is 9.15 Å². The molecule has 0 bridgehead atoms. The van der Waals surface area contributed by atoms with E-state index in [0.717, 1.165) is 4.31 Å². The number of methoxy groups -OCH3 is 1. The van der Waals surface area contributed by atoms with Crippen LogP contribution in [-0.4, -0.2) is 48.9 Å². The van der Waals surface area contributed by atoms with Crippen molar-refractivity contribution >= 4 is 20.0 Å². The highest BCUT2D eigenvalue weighted by molar-refractivity contribution is 7.91. The van der Waals surface area contributed by atoms with Gasteiger partial charge in [0.1, 0.15) is 16.8 Å². The average molecular weight is 388 g/mol. The maximum Gasteiger partial charge on any atom is 0.278 e. The van der Waals surface area contributed by atoms with Crippen LogP contribution >= 0.6 is 0 Å². The zero-order valence-corrected chi connectivity index (χ0v) is 15.7. The summed E-state index contributed by atoms with van der Waals surface area (Å²) in [6, 6.07) is 8.91. The standard InChI is InChI=1S/C15H20N2O6S2/c1-17(2)25(20,21)16-11-15(14-5-4-10-23-14)24(18,19)13-8-6-12(22-3)7-9-13/h4-10,15-16H,11H2,1-3H3. The van der Waals surface area contributed by atoms with Crippen molar-refractivity contribution in [3.8, 4) is 5.75 Å². The number of ether oxygens (including phenoxy) is 1. The van der Waals surface area contributed by atoms with Crippen LogP contribution in [0.4, 0.5) is 0 Å². The molecule has 0 spiro atoms. The zero-order valence-electron chi connectivity index (χ0n) is 14.0. The van der Waals surface area contributed by atoms with E-state index in [1.165, 1.54) is 57.8 Å². The Morgan fingerprint density at radius 1 is 1.12 bits per heavy atom. The van der Waals surface area contributed by atoms with Crippen molar-refractivity contribution in [3.05, 3.63) is 48.4 Å². The number of benzene rings is 1. The first kappa shape index (κ1) is 19.4. The Morgan fingerprint density at radius 2 is 1.76 bits per heavy atom. The fourth-order valence-corrected chi connectivity index (χ4v) is 4.41. The second kappa shape index (κ2) is 7.56. The highest BCUT2D eigenvalue weighted by Gasteiger charge is 2.33. The largest absolute Gasteiger partial charge is 0.497 e. The van der Waals surface area contributed by atoms with Crippen molar-refractivity contribution in [1.29, 1.82) is 0 Å². The SMILES string of the molecule is COc1ccc(S(=O)(=O)C(CNS(=O)(=O)N(C)C)c2ccco2)cc1. The van der Waals surface area contributed by atoms with Gasteiger partial charge in [0.2, 0.25) is 0 Å². The summed E-state index contributed by atoms with van der Waals surface area (Å²) in [6.07, 6.45) is 1.34. The Kier molecular flexibility index (Phi) is 5.88. The van der Waals surface area contributed by atoms with E-state index < -0.39 is 25.3 Å². The molecule has 0 radical (unpaired) electrons. The molecule has 1 atom stereocenters. The van der Waals surface area contributed by atoms with Gasteiger partial charge >= 0.3 is 0 Å². The topological polar surface area (TPSA) is 106 Å². The molecule has 1 aromatic carbocycles. The molecule has 0 aliphatic rings. The molecule has 1 aromatic heterocycles. The van der Waals surface area contributed by atoms with Gasteiger partial charge in [-0.3, -0.25) is 0 Å². The zero-order chi connectivity index (χ0) is 18.7. The van der Waals surface area contributed by atoms with E-state index in [2.05, 4.69) is 4.72 Å².